The Bertz CT molecular complexity index is 182. The van der Waals surface area contributed by atoms with Gasteiger partial charge in [-0.15, -0.1) is 0 Å². The van der Waals surface area contributed by atoms with Crippen LogP contribution in [0, 0.1) is 0 Å². The molecular weight excluding hydrogens is 164 g/mol. The smallest absolute Gasteiger partial charge is 0.404 e. The Morgan fingerprint density at radius 3 is 1.67 bits per heavy atom. The van der Waals surface area contributed by atoms with Crippen molar-refractivity contribution in [1.82, 2.24) is 0 Å². The highest BCUT2D eigenvalue weighted by molar-refractivity contribution is 5.65. The molecule has 0 saturated heterocycles. The largest absolute Gasteiger partial charge is 0.445 e. The van der Waals surface area contributed by atoms with Crippen LogP contribution in [-0.4, -0.2) is 25.4 Å². The molecule has 0 aliphatic rings. The first kappa shape index (κ1) is 10.3. The molecule has 0 atom stereocenters. The number of primary amides is 2. The lowest BCUT2D eigenvalue weighted by molar-refractivity contribution is 0.150. The first-order valence-electron chi connectivity index (χ1n) is 3.03. The summed E-state index contributed by atoms with van der Waals surface area (Å²) in [6.07, 6.45) is -1.81. The van der Waals surface area contributed by atoms with E-state index in [1.54, 1.807) is 0 Å². The maximum absolute atomic E-state index is 10.1. The van der Waals surface area contributed by atoms with Crippen LogP contribution >= 0.6 is 0 Å². The Morgan fingerprint density at radius 1 is 1.08 bits per heavy atom. The predicted octanol–water partition coefficient (Wildman–Crippen LogP) is -0.267. The van der Waals surface area contributed by atoms with Crippen molar-refractivity contribution in [3.8, 4) is 0 Å². The van der Waals surface area contributed by atoms with E-state index >= 15 is 0 Å². The van der Waals surface area contributed by atoms with Gasteiger partial charge in [0.2, 0.25) is 0 Å². The fourth-order valence-corrected chi connectivity index (χ4v) is 0.388. The van der Waals surface area contributed by atoms with Crippen molar-refractivity contribution < 1.29 is 19.1 Å². The van der Waals surface area contributed by atoms with Crippen LogP contribution in [0.1, 0.15) is 0 Å². The molecule has 0 heterocycles. The zero-order valence-corrected chi connectivity index (χ0v) is 6.41. The van der Waals surface area contributed by atoms with Crippen LogP contribution in [0.4, 0.5) is 9.59 Å². The summed E-state index contributed by atoms with van der Waals surface area (Å²) in [5, 5.41) is 0. The zero-order chi connectivity index (χ0) is 9.56. The Labute approximate surface area is 69.1 Å². The molecule has 68 valence electrons. The molecule has 0 aromatic carbocycles. The van der Waals surface area contributed by atoms with Gasteiger partial charge in [0.25, 0.3) is 0 Å². The van der Waals surface area contributed by atoms with Gasteiger partial charge in [0.15, 0.2) is 0 Å². The van der Waals surface area contributed by atoms with E-state index in [-0.39, 0.29) is 13.2 Å². The molecular formula is C6H10N2O4. The van der Waals surface area contributed by atoms with Gasteiger partial charge in [-0.25, -0.2) is 9.59 Å². The van der Waals surface area contributed by atoms with Crippen LogP contribution in [0.3, 0.4) is 0 Å². The normalized spacial score (nSPS) is 8.67. The molecule has 0 saturated carbocycles. The van der Waals surface area contributed by atoms with Gasteiger partial charge in [-0.2, -0.15) is 0 Å². The van der Waals surface area contributed by atoms with E-state index in [0.29, 0.717) is 5.57 Å². The molecule has 0 radical (unpaired) electrons. The Hall–Kier alpha value is -1.72. The summed E-state index contributed by atoms with van der Waals surface area (Å²) in [6.45, 7) is 3.27. The van der Waals surface area contributed by atoms with Gasteiger partial charge >= 0.3 is 12.2 Å². The van der Waals surface area contributed by atoms with E-state index in [9.17, 15) is 9.59 Å². The molecule has 0 aliphatic heterocycles. The van der Waals surface area contributed by atoms with Gasteiger partial charge < -0.3 is 20.9 Å². The molecule has 0 unspecified atom stereocenters. The number of hydrogen-bond donors (Lipinski definition) is 2. The third-order valence-corrected chi connectivity index (χ3v) is 0.837. The average molecular weight is 174 g/mol. The number of carbonyl (C=O) groups excluding carboxylic acids is 2. The fraction of sp³-hybridized carbons (Fsp3) is 0.333. The molecule has 0 aliphatic carbocycles. The highest BCUT2D eigenvalue weighted by Crippen LogP contribution is 1.92. The lowest BCUT2D eigenvalue weighted by atomic mass is 10.3. The summed E-state index contributed by atoms with van der Waals surface area (Å²) in [6, 6.07) is 0. The third kappa shape index (κ3) is 6.40. The summed E-state index contributed by atoms with van der Waals surface area (Å²) < 4.78 is 8.69. The molecule has 0 fully saturated rings. The van der Waals surface area contributed by atoms with E-state index in [2.05, 4.69) is 27.5 Å². The number of amides is 2. The van der Waals surface area contributed by atoms with E-state index in [0.717, 1.165) is 0 Å². The standard InChI is InChI=1S/C6H10N2O4/c1-4(2-11-5(7)9)3-12-6(8)10/h1-3H2,(H2,7,9)(H2,8,10). The molecule has 0 rings (SSSR count). The van der Waals surface area contributed by atoms with Gasteiger partial charge in [0, 0.05) is 0 Å². The topological polar surface area (TPSA) is 105 Å². The second kappa shape index (κ2) is 5.00. The lowest BCUT2D eigenvalue weighted by Gasteiger charge is -2.04. The highest BCUT2D eigenvalue weighted by Gasteiger charge is 2.00. The summed E-state index contributed by atoms with van der Waals surface area (Å²) in [5.74, 6) is 0. The monoisotopic (exact) mass is 174 g/mol. The van der Waals surface area contributed by atoms with E-state index < -0.39 is 12.2 Å². The SMILES string of the molecule is C=C(COC(N)=O)COC(N)=O. The average Bonchev–Trinajstić information content (AvgIpc) is 1.96. The molecule has 0 aromatic rings. The molecule has 6 heteroatoms. The number of ether oxygens (including phenoxy) is 2. The van der Waals surface area contributed by atoms with Crippen molar-refractivity contribution in [3.63, 3.8) is 0 Å². The molecule has 12 heavy (non-hydrogen) atoms. The third-order valence-electron chi connectivity index (χ3n) is 0.837. The van der Waals surface area contributed by atoms with Crippen LogP contribution in [0.25, 0.3) is 0 Å². The molecule has 0 spiro atoms. The van der Waals surface area contributed by atoms with Crippen LogP contribution in [-0.2, 0) is 9.47 Å². The number of hydrogen-bond acceptors (Lipinski definition) is 4. The van der Waals surface area contributed by atoms with E-state index in [1.807, 2.05) is 0 Å². The summed E-state index contributed by atoms with van der Waals surface area (Å²) in [5.41, 5.74) is 9.72. The molecule has 4 N–H and O–H groups in total. The maximum atomic E-state index is 10.1. The summed E-state index contributed by atoms with van der Waals surface area (Å²) in [7, 11) is 0. The van der Waals surface area contributed by atoms with Gasteiger partial charge in [0.1, 0.15) is 13.2 Å². The summed E-state index contributed by atoms with van der Waals surface area (Å²) >= 11 is 0. The van der Waals surface area contributed by atoms with Gasteiger partial charge in [-0.05, 0) is 5.57 Å². The van der Waals surface area contributed by atoms with Gasteiger partial charge in [-0.3, -0.25) is 0 Å². The Morgan fingerprint density at radius 2 is 1.42 bits per heavy atom. The molecule has 0 bridgehead atoms. The fourth-order valence-electron chi connectivity index (χ4n) is 0.388. The second-order valence-corrected chi connectivity index (χ2v) is 1.97. The van der Waals surface area contributed by atoms with Crippen molar-refractivity contribution in [3.05, 3.63) is 12.2 Å². The molecule has 2 amide bonds. The predicted molar refractivity (Wildman–Crippen MR) is 40.2 cm³/mol. The van der Waals surface area contributed by atoms with Crippen LogP contribution in [0.5, 0.6) is 0 Å². The van der Waals surface area contributed by atoms with E-state index in [1.165, 1.54) is 0 Å². The minimum atomic E-state index is -0.907. The van der Waals surface area contributed by atoms with Crippen molar-refractivity contribution in [2.24, 2.45) is 11.5 Å². The van der Waals surface area contributed by atoms with Gasteiger partial charge in [-0.1, -0.05) is 6.58 Å². The first-order valence-corrected chi connectivity index (χ1v) is 3.03. The van der Waals surface area contributed by atoms with Crippen molar-refractivity contribution in [2.45, 2.75) is 0 Å². The first-order chi connectivity index (χ1) is 5.52. The minimum absolute atomic E-state index is 0.0807. The Kier molecular flexibility index (Phi) is 4.28. The lowest BCUT2D eigenvalue weighted by Crippen LogP contribution is -2.18. The highest BCUT2D eigenvalue weighted by atomic mass is 16.6. The number of carbonyl (C=O) groups is 2. The molecule has 0 aromatic heterocycles. The van der Waals surface area contributed by atoms with Crippen LogP contribution in [0.2, 0.25) is 0 Å². The van der Waals surface area contributed by atoms with E-state index in [4.69, 9.17) is 0 Å². The number of rotatable bonds is 4. The number of nitrogens with two attached hydrogens (primary N) is 2. The zero-order valence-electron chi connectivity index (χ0n) is 6.41. The van der Waals surface area contributed by atoms with Crippen LogP contribution in [0.15, 0.2) is 12.2 Å². The molecule has 6 nitrogen and oxygen atoms in total. The quantitative estimate of drug-likeness (QED) is 0.572. The second-order valence-electron chi connectivity index (χ2n) is 1.97. The van der Waals surface area contributed by atoms with Crippen molar-refractivity contribution in [2.75, 3.05) is 13.2 Å². The summed E-state index contributed by atoms with van der Waals surface area (Å²) in [4.78, 5) is 20.1. The van der Waals surface area contributed by atoms with Crippen LogP contribution < -0.4 is 11.5 Å². The Balaban J connectivity index is 3.47. The van der Waals surface area contributed by atoms with Gasteiger partial charge in [0.05, 0.1) is 0 Å². The minimum Gasteiger partial charge on any atom is -0.445 e. The maximum Gasteiger partial charge on any atom is 0.404 e. The van der Waals surface area contributed by atoms with Crippen molar-refractivity contribution >= 4 is 12.2 Å². The van der Waals surface area contributed by atoms with Crippen molar-refractivity contribution in [1.29, 1.82) is 0 Å².